The quantitative estimate of drug-likeness (QED) is 0.554. The molecule has 0 unspecified atom stereocenters. The number of Topliss-reactive ketones (excluding diaryl/α,β-unsaturated/α-hetero) is 1. The van der Waals surface area contributed by atoms with E-state index in [0.717, 1.165) is 25.9 Å². The number of anilines is 1. The fourth-order valence-corrected chi connectivity index (χ4v) is 4.15. The van der Waals surface area contributed by atoms with E-state index < -0.39 is 5.97 Å². The van der Waals surface area contributed by atoms with Crippen molar-refractivity contribution in [2.45, 2.75) is 65.2 Å². The lowest BCUT2D eigenvalue weighted by Gasteiger charge is -2.33. The van der Waals surface area contributed by atoms with Gasteiger partial charge in [-0.1, -0.05) is 26.0 Å². The smallest absolute Gasteiger partial charge is 0.303 e. The lowest BCUT2D eigenvalue weighted by atomic mass is 9.92. The second-order valence-corrected chi connectivity index (χ2v) is 8.97. The average molecular weight is 440 g/mol. The van der Waals surface area contributed by atoms with Crippen LogP contribution in [-0.4, -0.2) is 45.0 Å². The van der Waals surface area contributed by atoms with Crippen LogP contribution in [0.3, 0.4) is 0 Å². The summed E-state index contributed by atoms with van der Waals surface area (Å²) in [5.41, 5.74) is 3.00. The van der Waals surface area contributed by atoms with Crippen LogP contribution in [-0.2, 0) is 11.2 Å². The molecule has 2 aromatic rings. The predicted molar refractivity (Wildman–Crippen MR) is 123 cm³/mol. The summed E-state index contributed by atoms with van der Waals surface area (Å²) in [5.74, 6) is 0.0342. The summed E-state index contributed by atoms with van der Waals surface area (Å²) in [7, 11) is 0. The number of hydrogen-bond donors (Lipinski definition) is 2. The largest absolute Gasteiger partial charge is 0.504 e. The Morgan fingerprint density at radius 3 is 2.34 bits per heavy atom. The number of ketones is 1. The van der Waals surface area contributed by atoms with Gasteiger partial charge in [0.2, 0.25) is 0 Å². The molecule has 0 amide bonds. The van der Waals surface area contributed by atoms with Gasteiger partial charge in [0.1, 0.15) is 5.82 Å². The van der Waals surface area contributed by atoms with Gasteiger partial charge in [0.15, 0.2) is 17.2 Å². The van der Waals surface area contributed by atoms with E-state index in [1.807, 2.05) is 0 Å². The lowest BCUT2D eigenvalue weighted by molar-refractivity contribution is -0.137. The number of piperidine rings is 1. The van der Waals surface area contributed by atoms with E-state index in [1.54, 1.807) is 6.92 Å². The number of carboxylic acids is 1. The number of rotatable bonds is 9. The molecule has 7 nitrogen and oxygen atoms in total. The molecule has 32 heavy (non-hydrogen) atoms. The Bertz CT molecular complexity index is 948. The zero-order valence-corrected chi connectivity index (χ0v) is 19.2. The normalized spacial score (nSPS) is 14.7. The van der Waals surface area contributed by atoms with Gasteiger partial charge >= 0.3 is 5.97 Å². The zero-order chi connectivity index (χ0) is 23.3. The fourth-order valence-electron chi connectivity index (χ4n) is 4.15. The second kappa shape index (κ2) is 10.6. The fraction of sp³-hybridized carbons (Fsp3) is 0.520. The van der Waals surface area contributed by atoms with Crippen molar-refractivity contribution in [1.82, 2.24) is 9.97 Å². The number of carbonyl (C=O) groups excluding carboxylic acids is 1. The molecule has 0 saturated carbocycles. The molecule has 172 valence electrons. The third-order valence-corrected chi connectivity index (χ3v) is 6.17. The predicted octanol–water partition coefficient (Wildman–Crippen LogP) is 4.51. The summed E-state index contributed by atoms with van der Waals surface area (Å²) in [6.45, 7) is 7.98. The van der Waals surface area contributed by atoms with Crippen LogP contribution in [0.15, 0.2) is 24.3 Å². The topological polar surface area (TPSA) is 104 Å². The molecule has 7 heteroatoms. The summed E-state index contributed by atoms with van der Waals surface area (Å²) in [6.07, 6.45) is 2.87. The van der Waals surface area contributed by atoms with Gasteiger partial charge in [-0.15, -0.1) is 0 Å². The van der Waals surface area contributed by atoms with Crippen LogP contribution < -0.4 is 4.90 Å². The molecule has 1 saturated heterocycles. The first-order chi connectivity index (χ1) is 15.2. The van der Waals surface area contributed by atoms with Gasteiger partial charge in [-0.3, -0.25) is 9.59 Å². The number of carbonyl (C=O) groups is 2. The van der Waals surface area contributed by atoms with Crippen molar-refractivity contribution in [2.24, 2.45) is 5.92 Å². The van der Waals surface area contributed by atoms with Gasteiger partial charge in [-0.2, -0.15) is 0 Å². The SMILES string of the molecule is Cc1nc(CC2CCN(c3ccc(C(C)C)cc3)CC2)nc(C(=O)CCCC(=O)O)c1O. The number of benzene rings is 1. The number of carboxylic acid groups (broad SMARTS) is 1. The number of aryl methyl sites for hydroxylation is 1. The average Bonchev–Trinajstić information content (AvgIpc) is 2.76. The summed E-state index contributed by atoms with van der Waals surface area (Å²) in [6, 6.07) is 8.80. The van der Waals surface area contributed by atoms with Crippen molar-refractivity contribution in [1.29, 1.82) is 0 Å². The molecular weight excluding hydrogens is 406 g/mol. The Morgan fingerprint density at radius 1 is 1.09 bits per heavy atom. The van der Waals surface area contributed by atoms with Crippen LogP contribution in [0, 0.1) is 12.8 Å². The summed E-state index contributed by atoms with van der Waals surface area (Å²) in [4.78, 5) is 34.3. The van der Waals surface area contributed by atoms with E-state index in [-0.39, 0.29) is 36.5 Å². The monoisotopic (exact) mass is 439 g/mol. The molecule has 0 bridgehead atoms. The maximum Gasteiger partial charge on any atom is 0.303 e. The number of aromatic hydroxyl groups is 1. The van der Waals surface area contributed by atoms with E-state index in [1.165, 1.54) is 11.3 Å². The van der Waals surface area contributed by atoms with Gasteiger partial charge in [-0.05, 0) is 55.7 Å². The Hall–Kier alpha value is -2.96. The summed E-state index contributed by atoms with van der Waals surface area (Å²) < 4.78 is 0. The van der Waals surface area contributed by atoms with E-state index in [9.17, 15) is 14.7 Å². The van der Waals surface area contributed by atoms with Crippen molar-refractivity contribution in [3.05, 3.63) is 47.0 Å². The van der Waals surface area contributed by atoms with Crippen LogP contribution in [0.25, 0.3) is 0 Å². The molecule has 0 aliphatic carbocycles. The minimum absolute atomic E-state index is 0.0144. The molecule has 1 aliphatic rings. The third kappa shape index (κ3) is 6.05. The second-order valence-electron chi connectivity index (χ2n) is 8.97. The van der Waals surface area contributed by atoms with Crippen molar-refractivity contribution < 1.29 is 19.8 Å². The maximum absolute atomic E-state index is 12.5. The first-order valence-corrected chi connectivity index (χ1v) is 11.4. The molecule has 0 atom stereocenters. The zero-order valence-electron chi connectivity index (χ0n) is 19.2. The first kappa shape index (κ1) is 23.7. The van der Waals surface area contributed by atoms with Crippen LogP contribution in [0.1, 0.15) is 79.4 Å². The molecule has 1 fully saturated rings. The highest BCUT2D eigenvalue weighted by Gasteiger charge is 2.23. The van der Waals surface area contributed by atoms with Crippen molar-refractivity contribution in [2.75, 3.05) is 18.0 Å². The Labute approximate surface area is 189 Å². The summed E-state index contributed by atoms with van der Waals surface area (Å²) >= 11 is 0. The third-order valence-electron chi connectivity index (χ3n) is 6.17. The van der Waals surface area contributed by atoms with E-state index in [2.05, 4.69) is 53.0 Å². The van der Waals surface area contributed by atoms with Gasteiger partial charge in [0.05, 0.1) is 5.69 Å². The molecular formula is C25H33N3O4. The minimum atomic E-state index is -0.941. The number of nitrogens with zero attached hydrogens (tertiary/aromatic N) is 3. The van der Waals surface area contributed by atoms with Gasteiger partial charge in [-0.25, -0.2) is 9.97 Å². The van der Waals surface area contributed by atoms with Crippen LogP contribution in [0.4, 0.5) is 5.69 Å². The molecule has 2 heterocycles. The number of aliphatic carboxylic acids is 1. The first-order valence-electron chi connectivity index (χ1n) is 11.4. The van der Waals surface area contributed by atoms with E-state index in [0.29, 0.717) is 29.8 Å². The Kier molecular flexibility index (Phi) is 7.83. The number of aromatic nitrogens is 2. The van der Waals surface area contributed by atoms with Crippen LogP contribution >= 0.6 is 0 Å². The van der Waals surface area contributed by atoms with E-state index >= 15 is 0 Å². The molecule has 0 spiro atoms. The van der Waals surface area contributed by atoms with Crippen LogP contribution in [0.5, 0.6) is 5.75 Å². The van der Waals surface area contributed by atoms with Gasteiger partial charge in [0.25, 0.3) is 0 Å². The maximum atomic E-state index is 12.5. The Morgan fingerprint density at radius 2 is 1.75 bits per heavy atom. The highest BCUT2D eigenvalue weighted by Crippen LogP contribution is 2.28. The van der Waals surface area contributed by atoms with Crippen molar-refractivity contribution >= 4 is 17.4 Å². The highest BCUT2D eigenvalue weighted by molar-refractivity contribution is 5.97. The standard InChI is InChI=1S/C25H33N3O4/c1-16(2)19-7-9-20(10-8-19)28-13-11-18(12-14-28)15-22-26-17(3)25(32)24(27-22)21(29)5-4-6-23(30)31/h7-10,16,18,32H,4-6,11-15H2,1-3H3,(H,30,31). The molecule has 2 N–H and O–H groups in total. The van der Waals surface area contributed by atoms with Gasteiger partial charge < -0.3 is 15.1 Å². The summed E-state index contributed by atoms with van der Waals surface area (Å²) in [5, 5.41) is 19.0. The van der Waals surface area contributed by atoms with E-state index in [4.69, 9.17) is 5.11 Å². The minimum Gasteiger partial charge on any atom is -0.504 e. The van der Waals surface area contributed by atoms with Crippen molar-refractivity contribution in [3.63, 3.8) is 0 Å². The highest BCUT2D eigenvalue weighted by atomic mass is 16.4. The molecule has 3 rings (SSSR count). The molecule has 1 aliphatic heterocycles. The number of hydrogen-bond acceptors (Lipinski definition) is 6. The molecule has 1 aromatic heterocycles. The molecule has 0 radical (unpaired) electrons. The van der Waals surface area contributed by atoms with Gasteiger partial charge in [0, 0.05) is 38.0 Å². The Balaban J connectivity index is 1.60. The lowest BCUT2D eigenvalue weighted by Crippen LogP contribution is -2.34. The van der Waals surface area contributed by atoms with Crippen molar-refractivity contribution in [3.8, 4) is 5.75 Å². The molecule has 1 aromatic carbocycles. The van der Waals surface area contributed by atoms with Crippen LogP contribution in [0.2, 0.25) is 0 Å².